The number of carboxylic acid groups (broad SMARTS) is 1. The third-order valence-electron chi connectivity index (χ3n) is 3.71. The first-order valence-corrected chi connectivity index (χ1v) is 6.64. The Balaban J connectivity index is 2.32. The van der Waals surface area contributed by atoms with E-state index in [-0.39, 0.29) is 5.91 Å². The second-order valence-corrected chi connectivity index (χ2v) is 5.14. The maximum atomic E-state index is 12.5. The minimum Gasteiger partial charge on any atom is -0.496 e. The number of ether oxygens (including phenoxy) is 1. The van der Waals surface area contributed by atoms with Crippen LogP contribution in [0.4, 0.5) is 0 Å². The molecule has 0 spiro atoms. The topological polar surface area (TPSA) is 66.8 Å². The molecule has 1 heterocycles. The van der Waals surface area contributed by atoms with E-state index in [2.05, 4.69) is 0 Å². The fourth-order valence-corrected chi connectivity index (χ4v) is 2.83. The van der Waals surface area contributed by atoms with Gasteiger partial charge in [0.05, 0.1) is 7.11 Å². The molecule has 5 nitrogen and oxygen atoms in total. The molecule has 0 aliphatic carbocycles. The van der Waals surface area contributed by atoms with Crippen molar-refractivity contribution in [1.29, 1.82) is 0 Å². The quantitative estimate of drug-likeness (QED) is 0.917. The number of carbonyl (C=O) groups is 2. The molecule has 1 atom stereocenters. The van der Waals surface area contributed by atoms with Crippen molar-refractivity contribution >= 4 is 11.9 Å². The summed E-state index contributed by atoms with van der Waals surface area (Å²) in [5, 5.41) is 9.16. The van der Waals surface area contributed by atoms with Gasteiger partial charge in [-0.05, 0) is 49.9 Å². The van der Waals surface area contributed by atoms with Gasteiger partial charge in [0, 0.05) is 12.1 Å². The van der Waals surface area contributed by atoms with Crippen molar-refractivity contribution in [2.45, 2.75) is 32.7 Å². The van der Waals surface area contributed by atoms with E-state index in [0.29, 0.717) is 18.5 Å². The molecule has 108 valence electrons. The van der Waals surface area contributed by atoms with Crippen molar-refractivity contribution in [2.24, 2.45) is 0 Å². The number of hydrogen-bond donors (Lipinski definition) is 1. The summed E-state index contributed by atoms with van der Waals surface area (Å²) >= 11 is 0. The summed E-state index contributed by atoms with van der Waals surface area (Å²) in [5.74, 6) is -0.390. The van der Waals surface area contributed by atoms with Crippen molar-refractivity contribution in [1.82, 2.24) is 4.90 Å². The summed E-state index contributed by atoms with van der Waals surface area (Å²) < 4.78 is 5.28. The minimum absolute atomic E-state index is 0.219. The highest BCUT2D eigenvalue weighted by Gasteiger charge is 2.34. The fourth-order valence-electron chi connectivity index (χ4n) is 2.83. The normalized spacial score (nSPS) is 18.1. The monoisotopic (exact) mass is 277 g/mol. The second-order valence-electron chi connectivity index (χ2n) is 5.14. The van der Waals surface area contributed by atoms with E-state index >= 15 is 0 Å². The maximum absolute atomic E-state index is 12.5. The zero-order valence-electron chi connectivity index (χ0n) is 12.0. The highest BCUT2D eigenvalue weighted by molar-refractivity contribution is 5.97. The number of benzene rings is 1. The summed E-state index contributed by atoms with van der Waals surface area (Å²) in [5.41, 5.74) is 2.28. The lowest BCUT2D eigenvalue weighted by Gasteiger charge is -2.22. The number of hydrogen-bond acceptors (Lipinski definition) is 3. The number of carboxylic acids is 1. The molecule has 0 radical (unpaired) electrons. The van der Waals surface area contributed by atoms with Crippen LogP contribution in [0, 0.1) is 13.8 Å². The highest BCUT2D eigenvalue weighted by Crippen LogP contribution is 2.27. The molecule has 20 heavy (non-hydrogen) atoms. The zero-order chi connectivity index (χ0) is 14.9. The third kappa shape index (κ3) is 2.48. The summed E-state index contributed by atoms with van der Waals surface area (Å²) in [6.07, 6.45) is 1.26. The molecule has 0 saturated carbocycles. The molecule has 1 aliphatic heterocycles. The van der Waals surface area contributed by atoms with Crippen LogP contribution in [0.15, 0.2) is 12.1 Å². The Bertz CT molecular complexity index is 530. The Kier molecular flexibility index (Phi) is 3.97. The molecule has 1 aromatic carbocycles. The van der Waals surface area contributed by atoms with Crippen LogP contribution in [0.3, 0.4) is 0 Å². The van der Waals surface area contributed by atoms with Crippen molar-refractivity contribution in [3.63, 3.8) is 0 Å². The van der Waals surface area contributed by atoms with E-state index in [4.69, 9.17) is 9.84 Å². The van der Waals surface area contributed by atoms with Crippen LogP contribution in [-0.4, -0.2) is 41.6 Å². The predicted molar refractivity (Wildman–Crippen MR) is 74.2 cm³/mol. The minimum atomic E-state index is -0.933. The Morgan fingerprint density at radius 1 is 1.30 bits per heavy atom. The summed E-state index contributed by atoms with van der Waals surface area (Å²) in [6, 6.07) is 2.81. The van der Waals surface area contributed by atoms with Gasteiger partial charge in [0.15, 0.2) is 0 Å². The largest absolute Gasteiger partial charge is 0.496 e. The first-order valence-electron chi connectivity index (χ1n) is 6.64. The van der Waals surface area contributed by atoms with Crippen molar-refractivity contribution in [3.8, 4) is 5.75 Å². The van der Waals surface area contributed by atoms with Gasteiger partial charge in [-0.15, -0.1) is 0 Å². The molecule has 5 heteroatoms. The molecular formula is C15H19NO4. The number of aliphatic carboxylic acids is 1. The number of nitrogens with zero attached hydrogens (tertiary/aromatic N) is 1. The molecule has 1 amide bonds. The van der Waals surface area contributed by atoms with Gasteiger partial charge >= 0.3 is 5.97 Å². The molecule has 1 saturated heterocycles. The zero-order valence-corrected chi connectivity index (χ0v) is 12.0. The third-order valence-corrected chi connectivity index (χ3v) is 3.71. The van der Waals surface area contributed by atoms with Crippen LogP contribution in [0.2, 0.25) is 0 Å². The smallest absolute Gasteiger partial charge is 0.326 e. The lowest BCUT2D eigenvalue weighted by Crippen LogP contribution is -2.40. The molecule has 1 aliphatic rings. The van der Waals surface area contributed by atoms with Crippen LogP contribution in [-0.2, 0) is 4.79 Å². The van der Waals surface area contributed by atoms with Gasteiger partial charge in [0.25, 0.3) is 5.91 Å². The number of rotatable bonds is 3. The predicted octanol–water partition coefficient (Wildman–Crippen LogP) is 2.00. The van der Waals surface area contributed by atoms with Gasteiger partial charge in [-0.3, -0.25) is 4.79 Å². The van der Waals surface area contributed by atoms with Crippen molar-refractivity contribution in [2.75, 3.05) is 13.7 Å². The molecule has 1 aromatic rings. The van der Waals surface area contributed by atoms with Gasteiger partial charge < -0.3 is 14.7 Å². The first kappa shape index (κ1) is 14.4. The van der Waals surface area contributed by atoms with E-state index in [1.165, 1.54) is 4.90 Å². The van der Waals surface area contributed by atoms with E-state index in [0.717, 1.165) is 23.3 Å². The average molecular weight is 277 g/mol. The Labute approximate surface area is 118 Å². The van der Waals surface area contributed by atoms with Crippen LogP contribution < -0.4 is 4.74 Å². The Morgan fingerprint density at radius 2 is 1.90 bits per heavy atom. The highest BCUT2D eigenvalue weighted by atomic mass is 16.5. The lowest BCUT2D eigenvalue weighted by atomic mass is 10.0. The van der Waals surface area contributed by atoms with Crippen LogP contribution in [0.1, 0.15) is 34.3 Å². The van der Waals surface area contributed by atoms with Gasteiger partial charge in [-0.25, -0.2) is 4.79 Å². The maximum Gasteiger partial charge on any atom is 0.326 e. The van der Waals surface area contributed by atoms with Gasteiger partial charge in [0.2, 0.25) is 0 Å². The molecule has 0 aromatic heterocycles. The van der Waals surface area contributed by atoms with Crippen molar-refractivity contribution in [3.05, 3.63) is 28.8 Å². The van der Waals surface area contributed by atoms with Crippen LogP contribution in [0.25, 0.3) is 0 Å². The fraction of sp³-hybridized carbons (Fsp3) is 0.467. The molecule has 0 unspecified atom stereocenters. The van der Waals surface area contributed by atoms with Crippen LogP contribution >= 0.6 is 0 Å². The molecule has 0 bridgehead atoms. The molecule has 2 rings (SSSR count). The number of likely N-dealkylation sites (tertiary alicyclic amines) is 1. The molecule has 1 N–H and O–H groups in total. The number of amides is 1. The Morgan fingerprint density at radius 3 is 2.40 bits per heavy atom. The van der Waals surface area contributed by atoms with E-state index < -0.39 is 12.0 Å². The number of aryl methyl sites for hydroxylation is 2. The molecular weight excluding hydrogens is 258 g/mol. The van der Waals surface area contributed by atoms with E-state index in [9.17, 15) is 9.59 Å². The first-order chi connectivity index (χ1) is 9.45. The van der Waals surface area contributed by atoms with Crippen molar-refractivity contribution < 1.29 is 19.4 Å². The van der Waals surface area contributed by atoms with E-state index in [1.54, 1.807) is 19.2 Å². The SMILES string of the molecule is COc1c(C)cc(C(=O)N2CCC[C@@H]2C(=O)O)cc1C. The van der Waals surface area contributed by atoms with Crippen LogP contribution in [0.5, 0.6) is 5.75 Å². The second kappa shape index (κ2) is 5.53. The average Bonchev–Trinajstić information content (AvgIpc) is 2.86. The Hall–Kier alpha value is -2.04. The summed E-state index contributed by atoms with van der Waals surface area (Å²) in [4.78, 5) is 25.1. The number of carbonyl (C=O) groups excluding carboxylic acids is 1. The van der Waals surface area contributed by atoms with Gasteiger partial charge in [-0.1, -0.05) is 0 Å². The molecule has 1 fully saturated rings. The standard InChI is InChI=1S/C15H19NO4/c1-9-7-11(8-10(2)13(9)20-3)14(17)16-6-4-5-12(16)15(18)19/h7-8,12H,4-6H2,1-3H3,(H,18,19)/t12-/m1/s1. The van der Waals surface area contributed by atoms with Gasteiger partial charge in [0.1, 0.15) is 11.8 Å². The summed E-state index contributed by atoms with van der Waals surface area (Å²) in [6.45, 7) is 4.25. The summed E-state index contributed by atoms with van der Waals surface area (Å²) in [7, 11) is 1.59. The lowest BCUT2D eigenvalue weighted by molar-refractivity contribution is -0.141. The van der Waals surface area contributed by atoms with Gasteiger partial charge in [-0.2, -0.15) is 0 Å². The number of methoxy groups -OCH3 is 1. The van der Waals surface area contributed by atoms with E-state index in [1.807, 2.05) is 13.8 Å².